The van der Waals surface area contributed by atoms with Crippen molar-refractivity contribution >= 4 is 16.8 Å². The van der Waals surface area contributed by atoms with Crippen LogP contribution in [0.2, 0.25) is 0 Å². The molecule has 4 rings (SSSR count). The van der Waals surface area contributed by atoms with Gasteiger partial charge in [0.2, 0.25) is 5.91 Å². The van der Waals surface area contributed by atoms with Crippen LogP contribution in [0.3, 0.4) is 0 Å². The van der Waals surface area contributed by atoms with Gasteiger partial charge in [-0.05, 0) is 25.5 Å². The van der Waals surface area contributed by atoms with Crippen LogP contribution >= 0.6 is 0 Å². The molecular weight excluding hydrogens is 376 g/mol. The van der Waals surface area contributed by atoms with Crippen molar-refractivity contribution in [2.75, 3.05) is 39.4 Å². The molecule has 1 saturated heterocycles. The Morgan fingerprint density at radius 1 is 0.967 bits per heavy atom. The Morgan fingerprint density at radius 2 is 1.73 bits per heavy atom. The number of hydrogen-bond acceptors (Lipinski definition) is 4. The monoisotopic (exact) mass is 406 g/mol. The molecule has 1 aliphatic rings. The van der Waals surface area contributed by atoms with Gasteiger partial charge in [0, 0.05) is 43.5 Å². The van der Waals surface area contributed by atoms with Crippen LogP contribution in [-0.2, 0) is 16.1 Å². The van der Waals surface area contributed by atoms with E-state index in [1.54, 1.807) is 0 Å². The van der Waals surface area contributed by atoms with Gasteiger partial charge in [-0.25, -0.2) is 0 Å². The lowest BCUT2D eigenvalue weighted by Crippen LogP contribution is -2.38. The lowest BCUT2D eigenvalue weighted by molar-refractivity contribution is -0.121. The van der Waals surface area contributed by atoms with E-state index in [0.717, 1.165) is 80.9 Å². The van der Waals surface area contributed by atoms with Crippen molar-refractivity contribution in [2.24, 2.45) is 0 Å². The van der Waals surface area contributed by atoms with E-state index in [1.165, 1.54) is 0 Å². The van der Waals surface area contributed by atoms with Crippen LogP contribution in [0.25, 0.3) is 22.2 Å². The van der Waals surface area contributed by atoms with Gasteiger partial charge in [0.1, 0.15) is 5.69 Å². The number of benzene rings is 2. The van der Waals surface area contributed by atoms with Crippen LogP contribution in [0.4, 0.5) is 0 Å². The van der Waals surface area contributed by atoms with E-state index in [9.17, 15) is 4.79 Å². The summed E-state index contributed by atoms with van der Waals surface area (Å²) in [6.45, 7) is 6.12. The number of ether oxygens (including phenoxy) is 1. The summed E-state index contributed by atoms with van der Waals surface area (Å²) >= 11 is 0. The fourth-order valence-electron chi connectivity index (χ4n) is 3.94. The number of aromatic nitrogens is 2. The second-order valence-electron chi connectivity index (χ2n) is 7.72. The highest BCUT2D eigenvalue weighted by molar-refractivity contribution is 5.93. The van der Waals surface area contributed by atoms with Gasteiger partial charge in [-0.2, -0.15) is 5.10 Å². The summed E-state index contributed by atoms with van der Waals surface area (Å²) in [7, 11) is 0. The lowest BCUT2D eigenvalue weighted by Gasteiger charge is -2.26. The van der Waals surface area contributed by atoms with Gasteiger partial charge in [-0.3, -0.25) is 14.4 Å². The number of fused-ring (bicyclic) bond motifs is 1. The summed E-state index contributed by atoms with van der Waals surface area (Å²) in [5.74, 6) is 0.122. The Balaban J connectivity index is 1.26. The van der Waals surface area contributed by atoms with E-state index < -0.39 is 0 Å². The number of carbonyl (C=O) groups excluding carboxylic acids is 1. The Bertz CT molecular complexity index is 948. The van der Waals surface area contributed by atoms with E-state index in [1.807, 2.05) is 35.0 Å². The fourth-order valence-corrected chi connectivity index (χ4v) is 3.94. The summed E-state index contributed by atoms with van der Waals surface area (Å²) in [6.07, 6.45) is 2.28. The van der Waals surface area contributed by atoms with Gasteiger partial charge in [-0.1, -0.05) is 48.5 Å². The molecule has 1 fully saturated rings. The molecule has 0 aliphatic carbocycles. The molecule has 1 N–H and O–H groups in total. The van der Waals surface area contributed by atoms with Crippen molar-refractivity contribution in [2.45, 2.75) is 25.8 Å². The molecule has 3 aromatic rings. The van der Waals surface area contributed by atoms with E-state index >= 15 is 0 Å². The van der Waals surface area contributed by atoms with Crippen LogP contribution in [-0.4, -0.2) is 60.0 Å². The van der Waals surface area contributed by atoms with Gasteiger partial charge in [0.25, 0.3) is 0 Å². The molecule has 1 aromatic heterocycles. The lowest BCUT2D eigenvalue weighted by atomic mass is 10.1. The van der Waals surface area contributed by atoms with Crippen molar-refractivity contribution < 1.29 is 9.53 Å². The number of morpholine rings is 1. The van der Waals surface area contributed by atoms with Gasteiger partial charge in [0.15, 0.2) is 0 Å². The first kappa shape index (κ1) is 20.6. The van der Waals surface area contributed by atoms with E-state index in [4.69, 9.17) is 9.84 Å². The predicted molar refractivity (Wildman–Crippen MR) is 119 cm³/mol. The van der Waals surface area contributed by atoms with Crippen LogP contribution in [0.5, 0.6) is 0 Å². The topological polar surface area (TPSA) is 59.4 Å². The van der Waals surface area contributed by atoms with Crippen LogP contribution in [0.1, 0.15) is 19.3 Å². The third kappa shape index (κ3) is 5.26. The summed E-state index contributed by atoms with van der Waals surface area (Å²) in [6, 6.07) is 18.6. The molecule has 1 amide bonds. The van der Waals surface area contributed by atoms with Gasteiger partial charge in [0.05, 0.1) is 18.7 Å². The minimum absolute atomic E-state index is 0.122. The van der Waals surface area contributed by atoms with Gasteiger partial charge in [-0.15, -0.1) is 0 Å². The maximum Gasteiger partial charge on any atom is 0.220 e. The third-order valence-corrected chi connectivity index (χ3v) is 5.56. The number of nitrogens with zero attached hydrogens (tertiary/aromatic N) is 3. The number of amides is 1. The zero-order chi connectivity index (χ0) is 20.6. The standard InChI is InChI=1S/C24H30N4O2/c29-23(25-13-7-14-27-16-18-30-19-17-27)12-6-15-28-22-11-5-4-10-21(22)24(26-28)20-8-2-1-3-9-20/h1-5,8-11H,6-7,12-19H2,(H,25,29). The van der Waals surface area contributed by atoms with Crippen molar-refractivity contribution in [3.05, 3.63) is 54.6 Å². The van der Waals surface area contributed by atoms with Crippen LogP contribution in [0.15, 0.2) is 54.6 Å². The molecule has 0 bridgehead atoms. The Morgan fingerprint density at radius 3 is 2.57 bits per heavy atom. The maximum absolute atomic E-state index is 12.2. The minimum atomic E-state index is 0.122. The second-order valence-corrected chi connectivity index (χ2v) is 7.72. The molecule has 6 nitrogen and oxygen atoms in total. The maximum atomic E-state index is 12.2. The smallest absolute Gasteiger partial charge is 0.220 e. The molecule has 0 atom stereocenters. The first-order valence-corrected chi connectivity index (χ1v) is 10.9. The average molecular weight is 407 g/mol. The zero-order valence-corrected chi connectivity index (χ0v) is 17.4. The number of hydrogen-bond donors (Lipinski definition) is 1. The molecule has 2 heterocycles. The molecule has 0 radical (unpaired) electrons. The summed E-state index contributed by atoms with van der Waals surface area (Å²) in [4.78, 5) is 14.6. The Labute approximate surface area is 177 Å². The number of rotatable bonds is 9. The van der Waals surface area contributed by atoms with E-state index in [-0.39, 0.29) is 5.91 Å². The number of carbonyl (C=O) groups is 1. The number of nitrogens with one attached hydrogen (secondary N) is 1. The van der Waals surface area contributed by atoms with Crippen molar-refractivity contribution in [1.29, 1.82) is 0 Å². The number of aryl methyl sites for hydroxylation is 1. The summed E-state index contributed by atoms with van der Waals surface area (Å²) in [5, 5.41) is 9.05. The van der Waals surface area contributed by atoms with Crippen molar-refractivity contribution in [3.63, 3.8) is 0 Å². The molecule has 6 heteroatoms. The quantitative estimate of drug-likeness (QED) is 0.554. The molecule has 2 aromatic carbocycles. The second kappa shape index (κ2) is 10.4. The molecule has 158 valence electrons. The van der Waals surface area contributed by atoms with Gasteiger partial charge < -0.3 is 10.1 Å². The molecule has 0 unspecified atom stereocenters. The third-order valence-electron chi connectivity index (χ3n) is 5.56. The van der Waals surface area contributed by atoms with Crippen molar-refractivity contribution in [1.82, 2.24) is 20.0 Å². The largest absolute Gasteiger partial charge is 0.379 e. The van der Waals surface area contributed by atoms with Crippen LogP contribution < -0.4 is 5.32 Å². The molecular formula is C24H30N4O2. The SMILES string of the molecule is O=C(CCCn1nc(-c2ccccc2)c2ccccc21)NCCCN1CCOCC1. The molecule has 1 aliphatic heterocycles. The van der Waals surface area contributed by atoms with E-state index in [0.29, 0.717) is 6.42 Å². The summed E-state index contributed by atoms with van der Waals surface area (Å²) < 4.78 is 7.39. The van der Waals surface area contributed by atoms with Crippen LogP contribution in [0, 0.1) is 0 Å². The highest BCUT2D eigenvalue weighted by atomic mass is 16.5. The average Bonchev–Trinajstić information content (AvgIpc) is 3.17. The first-order chi connectivity index (χ1) is 14.8. The fraction of sp³-hybridized carbons (Fsp3) is 0.417. The van der Waals surface area contributed by atoms with Gasteiger partial charge >= 0.3 is 0 Å². The summed E-state index contributed by atoms with van der Waals surface area (Å²) in [5.41, 5.74) is 3.23. The normalized spacial score (nSPS) is 14.8. The zero-order valence-electron chi connectivity index (χ0n) is 17.4. The number of para-hydroxylation sites is 1. The Hall–Kier alpha value is -2.70. The highest BCUT2D eigenvalue weighted by Crippen LogP contribution is 2.27. The molecule has 0 spiro atoms. The minimum Gasteiger partial charge on any atom is -0.379 e. The predicted octanol–water partition coefficient (Wildman–Crippen LogP) is 3.32. The first-order valence-electron chi connectivity index (χ1n) is 10.9. The van der Waals surface area contributed by atoms with Crippen molar-refractivity contribution in [3.8, 4) is 11.3 Å². The van der Waals surface area contributed by atoms with E-state index in [2.05, 4.69) is 34.5 Å². The Kier molecular flexibility index (Phi) is 7.11. The highest BCUT2D eigenvalue weighted by Gasteiger charge is 2.12. The molecule has 0 saturated carbocycles. The molecule has 30 heavy (non-hydrogen) atoms.